The van der Waals surface area contributed by atoms with Gasteiger partial charge in [-0.05, 0) is 50.4 Å². The number of rotatable bonds is 1. The van der Waals surface area contributed by atoms with Crippen molar-refractivity contribution in [3.63, 3.8) is 0 Å². The first-order valence-electron chi connectivity index (χ1n) is 10.8. The fraction of sp³-hybridized carbons (Fsp3) is 0.909. The average Bonchev–Trinajstić information content (AvgIpc) is 2.94. The van der Waals surface area contributed by atoms with Gasteiger partial charge < -0.3 is 19.3 Å². The van der Waals surface area contributed by atoms with Crippen molar-refractivity contribution in [1.29, 1.82) is 0 Å². The van der Waals surface area contributed by atoms with Gasteiger partial charge in [0.05, 0.1) is 24.4 Å². The van der Waals surface area contributed by atoms with Crippen molar-refractivity contribution in [2.24, 2.45) is 29.6 Å². The maximum atomic E-state index is 12.7. The van der Waals surface area contributed by atoms with Crippen molar-refractivity contribution in [2.75, 3.05) is 6.61 Å². The molecular weight excluding hydrogens is 360 g/mol. The van der Waals surface area contributed by atoms with E-state index in [9.17, 15) is 14.7 Å². The minimum absolute atomic E-state index is 0.0245. The molecule has 1 unspecified atom stereocenters. The zero-order valence-corrected chi connectivity index (χ0v) is 17.6. The van der Waals surface area contributed by atoms with Gasteiger partial charge >= 0.3 is 5.97 Å². The molecule has 0 amide bonds. The molecule has 28 heavy (non-hydrogen) atoms. The first kappa shape index (κ1) is 20.3. The smallest absolute Gasteiger partial charge is 0.302 e. The topological polar surface area (TPSA) is 82.1 Å². The van der Waals surface area contributed by atoms with Crippen LogP contribution in [-0.2, 0) is 23.8 Å². The van der Waals surface area contributed by atoms with Crippen LogP contribution in [0.2, 0.25) is 0 Å². The zero-order valence-electron chi connectivity index (χ0n) is 17.6. The van der Waals surface area contributed by atoms with E-state index in [1.54, 1.807) is 6.92 Å². The second-order valence-corrected chi connectivity index (χ2v) is 10.2. The molecule has 0 radical (unpaired) electrons. The lowest BCUT2D eigenvalue weighted by molar-refractivity contribution is -0.162. The summed E-state index contributed by atoms with van der Waals surface area (Å²) in [5.41, 5.74) is -2.01. The molecule has 3 heterocycles. The van der Waals surface area contributed by atoms with E-state index in [4.69, 9.17) is 14.2 Å². The molecule has 3 saturated heterocycles. The molecule has 0 aromatic rings. The summed E-state index contributed by atoms with van der Waals surface area (Å²) >= 11 is 0. The lowest BCUT2D eigenvalue weighted by atomic mass is 9.59. The van der Waals surface area contributed by atoms with E-state index in [0.717, 1.165) is 6.42 Å². The van der Waals surface area contributed by atoms with Gasteiger partial charge in [-0.25, -0.2) is 0 Å². The third-order valence-electron chi connectivity index (χ3n) is 7.98. The maximum Gasteiger partial charge on any atom is 0.302 e. The van der Waals surface area contributed by atoms with Gasteiger partial charge in [-0.3, -0.25) is 9.59 Å². The van der Waals surface area contributed by atoms with E-state index >= 15 is 0 Å². The minimum atomic E-state index is -1.44. The first-order chi connectivity index (χ1) is 13.0. The van der Waals surface area contributed by atoms with Crippen LogP contribution in [0.1, 0.15) is 60.3 Å². The minimum Gasteiger partial charge on any atom is -0.462 e. The highest BCUT2D eigenvalue weighted by Gasteiger charge is 2.64. The Balaban J connectivity index is 1.82. The number of fused-ring (bicyclic) bond motifs is 2. The summed E-state index contributed by atoms with van der Waals surface area (Å²) in [4.78, 5) is 24.6. The van der Waals surface area contributed by atoms with E-state index in [1.165, 1.54) is 6.92 Å². The second-order valence-electron chi connectivity index (χ2n) is 10.2. The first-order valence-corrected chi connectivity index (χ1v) is 10.8. The highest BCUT2D eigenvalue weighted by atomic mass is 16.6. The molecule has 0 aromatic heterocycles. The molecule has 158 valence electrons. The Morgan fingerprint density at radius 2 is 1.93 bits per heavy atom. The molecule has 1 N–H and O–H groups in total. The van der Waals surface area contributed by atoms with Gasteiger partial charge in [0.15, 0.2) is 5.78 Å². The van der Waals surface area contributed by atoms with Crippen molar-refractivity contribution in [3.8, 4) is 0 Å². The quantitative estimate of drug-likeness (QED) is 0.688. The monoisotopic (exact) mass is 394 g/mol. The maximum absolute atomic E-state index is 12.7. The van der Waals surface area contributed by atoms with Crippen LogP contribution in [0, 0.1) is 29.6 Å². The number of carbonyl (C=O) groups excluding carboxylic acids is 2. The number of ether oxygens (including phenoxy) is 3. The number of Topliss-reactive ketones (excluding diaryl/α,β-unsaturated/α-hetero) is 1. The van der Waals surface area contributed by atoms with Crippen LogP contribution in [-0.4, -0.2) is 53.0 Å². The summed E-state index contributed by atoms with van der Waals surface area (Å²) in [7, 11) is 0. The molecule has 0 aromatic carbocycles. The highest BCUT2D eigenvalue weighted by molar-refractivity contribution is 5.86. The van der Waals surface area contributed by atoms with Crippen LogP contribution < -0.4 is 0 Å². The Kier molecular flexibility index (Phi) is 4.91. The summed E-state index contributed by atoms with van der Waals surface area (Å²) in [6.07, 6.45) is 1.31. The molecular formula is C22H34O6. The number of hydrogen-bond acceptors (Lipinski definition) is 6. The molecule has 6 heteroatoms. The summed E-state index contributed by atoms with van der Waals surface area (Å²) in [6.45, 7) is 10.1. The lowest BCUT2D eigenvalue weighted by Crippen LogP contribution is -2.53. The van der Waals surface area contributed by atoms with Crippen LogP contribution in [0.5, 0.6) is 0 Å². The molecule has 4 aliphatic rings. The normalized spacial score (nSPS) is 53.6. The molecule has 4 fully saturated rings. The van der Waals surface area contributed by atoms with Crippen molar-refractivity contribution in [2.45, 2.75) is 89.8 Å². The van der Waals surface area contributed by atoms with E-state index in [2.05, 4.69) is 20.8 Å². The zero-order chi connectivity index (χ0) is 20.4. The summed E-state index contributed by atoms with van der Waals surface area (Å²) in [6, 6.07) is 0. The van der Waals surface area contributed by atoms with Gasteiger partial charge in [-0.2, -0.15) is 0 Å². The molecule has 4 rings (SSSR count). The van der Waals surface area contributed by atoms with Gasteiger partial charge in [0.1, 0.15) is 11.7 Å². The number of ketones is 1. The number of hydrogen-bond donors (Lipinski definition) is 1. The Morgan fingerprint density at radius 3 is 2.61 bits per heavy atom. The molecule has 0 spiro atoms. The number of carbonyl (C=O) groups is 2. The Morgan fingerprint density at radius 1 is 1.21 bits per heavy atom. The average molecular weight is 395 g/mol. The predicted molar refractivity (Wildman–Crippen MR) is 101 cm³/mol. The van der Waals surface area contributed by atoms with E-state index in [-0.39, 0.29) is 60.7 Å². The van der Waals surface area contributed by atoms with Crippen LogP contribution in [0.15, 0.2) is 0 Å². The summed E-state index contributed by atoms with van der Waals surface area (Å²) in [5, 5.41) is 10.9. The van der Waals surface area contributed by atoms with Crippen molar-refractivity contribution in [1.82, 2.24) is 0 Å². The number of aliphatic hydroxyl groups is 1. The van der Waals surface area contributed by atoms with Crippen LogP contribution in [0.25, 0.3) is 0 Å². The van der Waals surface area contributed by atoms with Gasteiger partial charge in [0.25, 0.3) is 0 Å². The second kappa shape index (κ2) is 6.78. The fourth-order valence-corrected chi connectivity index (χ4v) is 6.47. The third kappa shape index (κ3) is 3.12. The van der Waals surface area contributed by atoms with Gasteiger partial charge in [0.2, 0.25) is 0 Å². The van der Waals surface area contributed by atoms with E-state index in [0.29, 0.717) is 24.9 Å². The summed E-state index contributed by atoms with van der Waals surface area (Å²) in [5.74, 6) is 0.733. The van der Waals surface area contributed by atoms with Crippen molar-refractivity contribution < 1.29 is 28.9 Å². The number of esters is 1. The summed E-state index contributed by atoms with van der Waals surface area (Å²) < 4.78 is 18.8. The Bertz CT molecular complexity index is 659. The predicted octanol–water partition coefficient (Wildman–Crippen LogP) is 2.50. The SMILES string of the molecule is CC(=O)O[C@H]1[C@@H]2[C@@H]3C(C[C@H]1C)[C@@H](C)CO[C@@]1(C)CCC(=O)[C@@](C)(O)C[C@@H]2O[C@@H]31. The third-order valence-corrected chi connectivity index (χ3v) is 7.98. The molecule has 10 atom stereocenters. The van der Waals surface area contributed by atoms with Gasteiger partial charge in [-0.15, -0.1) is 0 Å². The van der Waals surface area contributed by atoms with Gasteiger partial charge in [0, 0.05) is 25.7 Å². The molecule has 2 bridgehead atoms. The van der Waals surface area contributed by atoms with Crippen LogP contribution in [0.3, 0.4) is 0 Å². The van der Waals surface area contributed by atoms with Crippen LogP contribution in [0.4, 0.5) is 0 Å². The molecule has 3 aliphatic heterocycles. The Labute approximate surface area is 167 Å². The van der Waals surface area contributed by atoms with E-state index < -0.39 is 11.2 Å². The largest absolute Gasteiger partial charge is 0.462 e. The lowest BCUT2D eigenvalue weighted by Gasteiger charge is -2.47. The van der Waals surface area contributed by atoms with Crippen molar-refractivity contribution in [3.05, 3.63) is 0 Å². The van der Waals surface area contributed by atoms with Crippen molar-refractivity contribution >= 4 is 11.8 Å². The standard InChI is InChI=1S/C22H34O6/c1-11-8-14-12(2)10-26-22(5)7-6-16(24)21(4,25)9-15-18(17(14)20(22)28-15)19(11)27-13(3)23/h11-12,14-15,17-20,25H,6-10H2,1-5H3/t11-,12+,14?,15+,17+,18+,19-,20+,21+,22+/m1/s1. The fourth-order valence-electron chi connectivity index (χ4n) is 6.47. The van der Waals surface area contributed by atoms with E-state index in [1.807, 2.05) is 0 Å². The molecule has 6 nitrogen and oxygen atoms in total. The Hall–Kier alpha value is -0.980. The van der Waals surface area contributed by atoms with Gasteiger partial charge in [-0.1, -0.05) is 13.8 Å². The molecule has 1 aliphatic carbocycles. The molecule has 1 saturated carbocycles. The highest BCUT2D eigenvalue weighted by Crippen LogP contribution is 2.57. The van der Waals surface area contributed by atoms with Crippen LogP contribution >= 0.6 is 0 Å².